The first kappa shape index (κ1) is 14.5. The topological polar surface area (TPSA) is 40.5 Å². The van der Waals surface area contributed by atoms with Gasteiger partial charge < -0.3 is 10.2 Å². The summed E-state index contributed by atoms with van der Waals surface area (Å²) in [7, 11) is 1.88. The second-order valence-electron chi connectivity index (χ2n) is 6.90. The van der Waals surface area contributed by atoms with Crippen molar-refractivity contribution in [2.75, 3.05) is 20.1 Å². The molecule has 0 bridgehead atoms. The lowest BCUT2D eigenvalue weighted by molar-refractivity contribution is 0.151. The molecule has 4 rings (SSSR count). The van der Waals surface area contributed by atoms with E-state index in [0.717, 1.165) is 31.3 Å². The summed E-state index contributed by atoms with van der Waals surface area (Å²) in [5.74, 6) is 1.02. The van der Waals surface area contributed by atoms with Crippen LogP contribution in [0.25, 0.3) is 10.8 Å². The molecule has 2 aliphatic rings. The third kappa shape index (κ3) is 2.67. The lowest BCUT2D eigenvalue weighted by atomic mass is 9.68. The van der Waals surface area contributed by atoms with Crippen LogP contribution in [0.15, 0.2) is 41.5 Å². The molecule has 1 aromatic heterocycles. The number of pyridine rings is 1. The van der Waals surface area contributed by atoms with Crippen LogP contribution in [0.3, 0.4) is 0 Å². The molecule has 4 nitrogen and oxygen atoms in total. The zero-order chi connectivity index (χ0) is 15.7. The highest BCUT2D eigenvalue weighted by atomic mass is 15.3. The third-order valence-corrected chi connectivity index (χ3v) is 5.53. The van der Waals surface area contributed by atoms with E-state index in [9.17, 15) is 0 Å². The van der Waals surface area contributed by atoms with Gasteiger partial charge in [0.2, 0.25) is 0 Å². The molecule has 1 N–H and O–H groups in total. The molecular weight excluding hydrogens is 284 g/mol. The number of fused-ring (bicyclic) bond motifs is 1. The minimum Gasteiger partial charge on any atom is -0.351 e. The van der Waals surface area contributed by atoms with Crippen molar-refractivity contribution in [2.45, 2.75) is 32.2 Å². The zero-order valence-electron chi connectivity index (χ0n) is 13.8. The van der Waals surface area contributed by atoms with Crippen molar-refractivity contribution in [3.05, 3.63) is 42.2 Å². The van der Waals surface area contributed by atoms with Crippen LogP contribution in [0.2, 0.25) is 0 Å². The van der Waals surface area contributed by atoms with Gasteiger partial charge in [-0.2, -0.15) is 0 Å². The van der Waals surface area contributed by atoms with Gasteiger partial charge in [-0.3, -0.25) is 9.98 Å². The van der Waals surface area contributed by atoms with Crippen molar-refractivity contribution in [3.8, 4) is 0 Å². The van der Waals surface area contributed by atoms with E-state index in [4.69, 9.17) is 0 Å². The van der Waals surface area contributed by atoms with Gasteiger partial charge >= 0.3 is 0 Å². The Morgan fingerprint density at radius 3 is 2.87 bits per heavy atom. The molecule has 23 heavy (non-hydrogen) atoms. The van der Waals surface area contributed by atoms with Gasteiger partial charge in [0, 0.05) is 31.7 Å². The number of nitrogens with one attached hydrogen (secondary N) is 1. The summed E-state index contributed by atoms with van der Waals surface area (Å²) >= 11 is 0. The average Bonchev–Trinajstić information content (AvgIpc) is 3.01. The highest BCUT2D eigenvalue weighted by Gasteiger charge is 2.43. The summed E-state index contributed by atoms with van der Waals surface area (Å²) in [6.07, 6.45) is 7.40. The number of aliphatic imine (C=N–C) groups is 1. The molecule has 0 atom stereocenters. The van der Waals surface area contributed by atoms with E-state index in [0.29, 0.717) is 5.41 Å². The van der Waals surface area contributed by atoms with Crippen LogP contribution in [-0.4, -0.2) is 36.0 Å². The lowest BCUT2D eigenvalue weighted by Crippen LogP contribution is -2.42. The fourth-order valence-electron chi connectivity index (χ4n) is 4.02. The standard InChI is InChI=1S/C19H24N4/c1-20-18(23-12-10-19(14-23)8-4-9-19)22-13-17-16-6-3-2-5-15(16)7-11-21-17/h2-3,5-7,11H,4,8-10,12-14H2,1H3,(H,20,22). The molecule has 1 aliphatic heterocycles. The summed E-state index contributed by atoms with van der Waals surface area (Å²) in [5, 5.41) is 5.98. The normalized spacial score (nSPS) is 20.0. The summed E-state index contributed by atoms with van der Waals surface area (Å²) < 4.78 is 0. The Bertz CT molecular complexity index is 728. The van der Waals surface area contributed by atoms with Crippen molar-refractivity contribution in [1.29, 1.82) is 0 Å². The highest BCUT2D eigenvalue weighted by Crippen LogP contribution is 2.47. The fraction of sp³-hybridized carbons (Fsp3) is 0.474. The Hall–Kier alpha value is -2.10. The predicted octanol–water partition coefficient (Wildman–Crippen LogP) is 3.19. The Morgan fingerprint density at radius 1 is 1.26 bits per heavy atom. The molecule has 2 aromatic rings. The van der Waals surface area contributed by atoms with Gasteiger partial charge in [0.1, 0.15) is 0 Å². The summed E-state index contributed by atoms with van der Waals surface area (Å²) in [5.41, 5.74) is 1.68. The molecule has 1 saturated carbocycles. The number of hydrogen-bond donors (Lipinski definition) is 1. The van der Waals surface area contributed by atoms with E-state index in [1.165, 1.54) is 36.5 Å². The monoisotopic (exact) mass is 308 g/mol. The van der Waals surface area contributed by atoms with Gasteiger partial charge in [-0.05, 0) is 36.1 Å². The van der Waals surface area contributed by atoms with Crippen molar-refractivity contribution in [3.63, 3.8) is 0 Å². The number of guanidine groups is 1. The number of aromatic nitrogens is 1. The van der Waals surface area contributed by atoms with Crippen LogP contribution in [0.1, 0.15) is 31.4 Å². The second-order valence-corrected chi connectivity index (χ2v) is 6.90. The van der Waals surface area contributed by atoms with Crippen LogP contribution in [-0.2, 0) is 6.54 Å². The van der Waals surface area contributed by atoms with Crippen molar-refractivity contribution >= 4 is 16.7 Å². The van der Waals surface area contributed by atoms with E-state index in [1.807, 2.05) is 13.2 Å². The van der Waals surface area contributed by atoms with Crippen LogP contribution in [0.4, 0.5) is 0 Å². The number of hydrogen-bond acceptors (Lipinski definition) is 2. The van der Waals surface area contributed by atoms with Crippen molar-refractivity contribution in [1.82, 2.24) is 15.2 Å². The van der Waals surface area contributed by atoms with Crippen LogP contribution in [0.5, 0.6) is 0 Å². The zero-order valence-corrected chi connectivity index (χ0v) is 13.8. The molecule has 1 aliphatic carbocycles. The molecule has 1 aromatic carbocycles. The highest BCUT2D eigenvalue weighted by molar-refractivity contribution is 5.85. The molecule has 120 valence electrons. The molecule has 0 amide bonds. The maximum atomic E-state index is 4.56. The number of likely N-dealkylation sites (tertiary alicyclic amines) is 1. The van der Waals surface area contributed by atoms with E-state index in [2.05, 4.69) is 50.5 Å². The van der Waals surface area contributed by atoms with E-state index < -0.39 is 0 Å². The van der Waals surface area contributed by atoms with Crippen LogP contribution in [0, 0.1) is 5.41 Å². The maximum absolute atomic E-state index is 4.56. The molecule has 2 heterocycles. The van der Waals surface area contributed by atoms with Crippen molar-refractivity contribution in [2.24, 2.45) is 10.4 Å². The molecule has 1 saturated heterocycles. The smallest absolute Gasteiger partial charge is 0.193 e. The maximum Gasteiger partial charge on any atom is 0.193 e. The first-order chi connectivity index (χ1) is 11.3. The van der Waals surface area contributed by atoms with Gasteiger partial charge in [0.15, 0.2) is 5.96 Å². The third-order valence-electron chi connectivity index (χ3n) is 5.53. The minimum absolute atomic E-state index is 0.593. The molecule has 4 heteroatoms. The molecule has 0 unspecified atom stereocenters. The quantitative estimate of drug-likeness (QED) is 0.684. The van der Waals surface area contributed by atoms with E-state index in [1.54, 1.807) is 0 Å². The fourth-order valence-corrected chi connectivity index (χ4v) is 4.02. The van der Waals surface area contributed by atoms with Gasteiger partial charge in [-0.25, -0.2) is 0 Å². The first-order valence-electron chi connectivity index (χ1n) is 8.58. The predicted molar refractivity (Wildman–Crippen MR) is 94.4 cm³/mol. The Kier molecular flexibility index (Phi) is 3.68. The number of benzene rings is 1. The van der Waals surface area contributed by atoms with Gasteiger partial charge in [-0.15, -0.1) is 0 Å². The van der Waals surface area contributed by atoms with E-state index in [-0.39, 0.29) is 0 Å². The Morgan fingerprint density at radius 2 is 2.13 bits per heavy atom. The Balaban J connectivity index is 1.47. The minimum atomic E-state index is 0.593. The largest absolute Gasteiger partial charge is 0.351 e. The van der Waals surface area contributed by atoms with E-state index >= 15 is 0 Å². The van der Waals surface area contributed by atoms with Gasteiger partial charge in [-0.1, -0.05) is 30.7 Å². The van der Waals surface area contributed by atoms with Gasteiger partial charge in [0.05, 0.1) is 12.2 Å². The molecule has 1 spiro atoms. The second kappa shape index (κ2) is 5.84. The first-order valence-corrected chi connectivity index (χ1v) is 8.58. The SMILES string of the molecule is CN=C(NCc1nccc2ccccc12)N1CCC2(CCC2)C1. The van der Waals surface area contributed by atoms with Crippen LogP contribution < -0.4 is 5.32 Å². The number of nitrogens with zero attached hydrogens (tertiary/aromatic N) is 3. The summed E-state index contributed by atoms with van der Waals surface area (Å²) in [6, 6.07) is 10.5. The molecule has 2 fully saturated rings. The summed E-state index contributed by atoms with van der Waals surface area (Å²) in [6.45, 7) is 3.01. The number of rotatable bonds is 2. The van der Waals surface area contributed by atoms with Crippen molar-refractivity contribution < 1.29 is 0 Å². The Labute approximate surface area is 137 Å². The van der Waals surface area contributed by atoms with Crippen LogP contribution >= 0.6 is 0 Å². The molecule has 0 radical (unpaired) electrons. The summed E-state index contributed by atoms with van der Waals surface area (Å²) in [4.78, 5) is 11.5. The average molecular weight is 308 g/mol. The lowest BCUT2D eigenvalue weighted by Gasteiger charge is -2.38. The van der Waals surface area contributed by atoms with Gasteiger partial charge in [0.25, 0.3) is 0 Å². The molecular formula is C19H24N4.